The molecule has 1 amide bonds. The van der Waals surface area contributed by atoms with Crippen molar-refractivity contribution in [1.82, 2.24) is 0 Å². The second-order valence-corrected chi connectivity index (χ2v) is 6.10. The van der Waals surface area contributed by atoms with Gasteiger partial charge in [0.2, 0.25) is 5.91 Å². The molecule has 1 atom stereocenters. The van der Waals surface area contributed by atoms with Gasteiger partial charge in [-0.3, -0.25) is 4.79 Å². The summed E-state index contributed by atoms with van der Waals surface area (Å²) in [5.74, 6) is 1.95. The summed E-state index contributed by atoms with van der Waals surface area (Å²) in [6.07, 6.45) is 2.68. The Bertz CT molecular complexity index is 430. The van der Waals surface area contributed by atoms with Gasteiger partial charge in [0.15, 0.2) is 0 Å². The van der Waals surface area contributed by atoms with E-state index in [4.69, 9.17) is 10.5 Å². The summed E-state index contributed by atoms with van der Waals surface area (Å²) in [5, 5.41) is 2.83. The van der Waals surface area contributed by atoms with Gasteiger partial charge in [0.1, 0.15) is 5.75 Å². The second kappa shape index (κ2) is 10.8. The molecule has 1 aromatic carbocycles. The number of hydrogen-bond acceptors (Lipinski definition) is 4. The van der Waals surface area contributed by atoms with Gasteiger partial charge in [0.25, 0.3) is 0 Å². The van der Waals surface area contributed by atoms with E-state index in [1.807, 2.05) is 30.5 Å². The predicted octanol–water partition coefficient (Wildman–Crippen LogP) is 3.16. The topological polar surface area (TPSA) is 64.4 Å². The van der Waals surface area contributed by atoms with Crippen molar-refractivity contribution < 1.29 is 9.53 Å². The van der Waals surface area contributed by atoms with Gasteiger partial charge in [-0.1, -0.05) is 19.9 Å². The van der Waals surface area contributed by atoms with E-state index >= 15 is 0 Å². The van der Waals surface area contributed by atoms with E-state index in [1.54, 1.807) is 11.8 Å². The molecule has 0 saturated heterocycles. The molecule has 0 aliphatic rings. The molecule has 0 aromatic heterocycles. The third-order valence-corrected chi connectivity index (χ3v) is 3.30. The van der Waals surface area contributed by atoms with Crippen LogP contribution in [0, 0.1) is 5.92 Å². The van der Waals surface area contributed by atoms with Crippen molar-refractivity contribution in [3.8, 4) is 5.75 Å². The quantitative estimate of drug-likeness (QED) is 0.767. The van der Waals surface area contributed by atoms with E-state index in [2.05, 4.69) is 19.2 Å². The molecular weight excluding hydrogens is 308 g/mol. The predicted molar refractivity (Wildman–Crippen MR) is 93.6 cm³/mol. The lowest BCUT2D eigenvalue weighted by Gasteiger charge is -2.13. The van der Waals surface area contributed by atoms with E-state index < -0.39 is 6.04 Å². The standard InChI is InChI=1S/C15H24N2O2S.ClH/c1-11(2)10-19-13-6-4-5-12(9-13)17-15(18)14(16)7-8-20-3;/h4-6,9,11,14H,7-8,10,16H2,1-3H3,(H,17,18);1H/t14-;/m0./s1. The lowest BCUT2D eigenvalue weighted by molar-refractivity contribution is -0.117. The minimum atomic E-state index is -0.470. The molecule has 1 aromatic rings. The molecular formula is C15H25ClN2O2S. The van der Waals surface area contributed by atoms with Crippen molar-refractivity contribution in [2.75, 3.05) is 23.9 Å². The Balaban J connectivity index is 0.00000400. The van der Waals surface area contributed by atoms with Crippen molar-refractivity contribution in [2.45, 2.75) is 26.3 Å². The molecule has 0 fully saturated rings. The minimum absolute atomic E-state index is 0. The largest absolute Gasteiger partial charge is 0.493 e. The van der Waals surface area contributed by atoms with Gasteiger partial charge in [-0.25, -0.2) is 0 Å². The van der Waals surface area contributed by atoms with Crippen LogP contribution >= 0.6 is 24.2 Å². The van der Waals surface area contributed by atoms with E-state index in [0.717, 1.165) is 17.2 Å². The lowest BCUT2D eigenvalue weighted by atomic mass is 10.2. The molecule has 120 valence electrons. The average molecular weight is 333 g/mol. The van der Waals surface area contributed by atoms with Gasteiger partial charge in [-0.05, 0) is 36.5 Å². The van der Waals surface area contributed by atoms with Crippen LogP contribution in [0.4, 0.5) is 5.69 Å². The van der Waals surface area contributed by atoms with Gasteiger partial charge < -0.3 is 15.8 Å². The van der Waals surface area contributed by atoms with Crippen molar-refractivity contribution >= 4 is 35.8 Å². The third-order valence-electron chi connectivity index (χ3n) is 2.65. The molecule has 0 spiro atoms. The fourth-order valence-electron chi connectivity index (χ4n) is 1.54. The van der Waals surface area contributed by atoms with Gasteiger partial charge >= 0.3 is 0 Å². The highest BCUT2D eigenvalue weighted by Crippen LogP contribution is 2.18. The van der Waals surface area contributed by atoms with Crippen LogP contribution in [0.25, 0.3) is 0 Å². The van der Waals surface area contributed by atoms with Gasteiger partial charge in [0.05, 0.1) is 12.6 Å². The number of amides is 1. The zero-order valence-electron chi connectivity index (χ0n) is 12.8. The normalized spacial score (nSPS) is 11.7. The number of rotatable bonds is 8. The molecule has 0 unspecified atom stereocenters. The van der Waals surface area contributed by atoms with Crippen molar-refractivity contribution in [3.63, 3.8) is 0 Å². The molecule has 3 N–H and O–H groups in total. The average Bonchev–Trinajstić information content (AvgIpc) is 2.42. The molecule has 4 nitrogen and oxygen atoms in total. The second-order valence-electron chi connectivity index (χ2n) is 5.11. The highest BCUT2D eigenvalue weighted by Gasteiger charge is 2.13. The zero-order valence-corrected chi connectivity index (χ0v) is 14.4. The van der Waals surface area contributed by atoms with Crippen molar-refractivity contribution in [3.05, 3.63) is 24.3 Å². The van der Waals surface area contributed by atoms with Crippen LogP contribution in [0.2, 0.25) is 0 Å². The highest BCUT2D eigenvalue weighted by atomic mass is 35.5. The molecule has 0 radical (unpaired) electrons. The summed E-state index contributed by atoms with van der Waals surface area (Å²) in [7, 11) is 0. The first-order valence-corrected chi connectivity index (χ1v) is 8.20. The fourth-order valence-corrected chi connectivity index (χ4v) is 2.03. The number of carbonyl (C=O) groups is 1. The summed E-state index contributed by atoms with van der Waals surface area (Å²) in [6, 6.07) is 6.93. The Labute approximate surface area is 137 Å². The SMILES string of the molecule is CSCC[C@H](N)C(=O)Nc1cccc(OCC(C)C)c1.Cl. The minimum Gasteiger partial charge on any atom is -0.493 e. The van der Waals surface area contributed by atoms with Crippen molar-refractivity contribution in [2.24, 2.45) is 11.7 Å². The Kier molecular flexibility index (Phi) is 10.3. The monoisotopic (exact) mass is 332 g/mol. The number of anilines is 1. The summed E-state index contributed by atoms with van der Waals surface area (Å²) >= 11 is 1.69. The molecule has 6 heteroatoms. The summed E-state index contributed by atoms with van der Waals surface area (Å²) in [6.45, 7) is 4.84. The van der Waals surface area contributed by atoms with Gasteiger partial charge in [-0.15, -0.1) is 12.4 Å². The van der Waals surface area contributed by atoms with Crippen LogP contribution in [0.15, 0.2) is 24.3 Å². The molecule has 0 aliphatic heterocycles. The highest BCUT2D eigenvalue weighted by molar-refractivity contribution is 7.98. The smallest absolute Gasteiger partial charge is 0.241 e. The Morgan fingerprint density at radius 2 is 2.14 bits per heavy atom. The first-order valence-electron chi connectivity index (χ1n) is 6.81. The summed E-state index contributed by atoms with van der Waals surface area (Å²) < 4.78 is 5.63. The number of benzene rings is 1. The number of halogens is 1. The summed E-state index contributed by atoms with van der Waals surface area (Å²) in [5.41, 5.74) is 6.55. The molecule has 0 aliphatic carbocycles. The summed E-state index contributed by atoms with van der Waals surface area (Å²) in [4.78, 5) is 11.9. The zero-order chi connectivity index (χ0) is 15.0. The molecule has 1 rings (SSSR count). The van der Waals surface area contributed by atoms with Crippen molar-refractivity contribution in [1.29, 1.82) is 0 Å². The maximum atomic E-state index is 11.9. The first-order chi connectivity index (χ1) is 9.52. The van der Waals surface area contributed by atoms with E-state index in [-0.39, 0.29) is 18.3 Å². The fraction of sp³-hybridized carbons (Fsp3) is 0.533. The van der Waals surface area contributed by atoms with E-state index in [1.165, 1.54) is 0 Å². The van der Waals surface area contributed by atoms with Crippen LogP contribution in [0.5, 0.6) is 5.75 Å². The molecule has 0 bridgehead atoms. The first kappa shape index (κ1) is 20.1. The third kappa shape index (κ3) is 8.19. The van der Waals surface area contributed by atoms with Crippen LogP contribution in [-0.2, 0) is 4.79 Å². The number of ether oxygens (including phenoxy) is 1. The number of nitrogens with two attached hydrogens (primary N) is 1. The van der Waals surface area contributed by atoms with Crippen LogP contribution in [-0.4, -0.2) is 30.6 Å². The van der Waals surface area contributed by atoms with Gasteiger partial charge in [0, 0.05) is 11.8 Å². The Hall–Kier alpha value is -0.910. The van der Waals surface area contributed by atoms with Gasteiger partial charge in [-0.2, -0.15) is 11.8 Å². The van der Waals surface area contributed by atoms with Crippen LogP contribution in [0.1, 0.15) is 20.3 Å². The Morgan fingerprint density at radius 3 is 2.76 bits per heavy atom. The maximum absolute atomic E-state index is 11.9. The number of thioether (sulfide) groups is 1. The van der Waals surface area contributed by atoms with E-state index in [0.29, 0.717) is 18.9 Å². The molecule has 0 heterocycles. The Morgan fingerprint density at radius 1 is 1.43 bits per heavy atom. The van der Waals surface area contributed by atoms with E-state index in [9.17, 15) is 4.79 Å². The molecule has 0 saturated carbocycles. The number of hydrogen-bond donors (Lipinski definition) is 2. The van der Waals surface area contributed by atoms with Crippen LogP contribution in [0.3, 0.4) is 0 Å². The maximum Gasteiger partial charge on any atom is 0.241 e. The number of nitrogens with one attached hydrogen (secondary N) is 1. The number of carbonyl (C=O) groups excluding carboxylic acids is 1. The van der Waals surface area contributed by atoms with Crippen LogP contribution < -0.4 is 15.8 Å². The lowest BCUT2D eigenvalue weighted by Crippen LogP contribution is -2.36. The molecule has 21 heavy (non-hydrogen) atoms.